The molecule has 1 amide bonds. The van der Waals surface area contributed by atoms with Crippen molar-refractivity contribution >= 4 is 23.5 Å². The summed E-state index contributed by atoms with van der Waals surface area (Å²) in [6, 6.07) is 15.5. The molecule has 0 bridgehead atoms. The van der Waals surface area contributed by atoms with Crippen LogP contribution in [0.25, 0.3) is 11.3 Å². The SMILES string of the molecule is CN(C)c1ccc(-c2ccnc(NC3COC4C(NC(=O)c5ccccc5C(=O)O)COC34)n2)cc1. The summed E-state index contributed by atoms with van der Waals surface area (Å²) in [5.41, 5.74) is 2.93. The van der Waals surface area contributed by atoms with E-state index >= 15 is 0 Å². The van der Waals surface area contributed by atoms with Crippen molar-refractivity contribution in [3.63, 3.8) is 0 Å². The first kappa shape index (κ1) is 23.7. The molecule has 2 saturated heterocycles. The zero-order valence-electron chi connectivity index (χ0n) is 19.9. The molecule has 0 saturated carbocycles. The largest absolute Gasteiger partial charge is 0.478 e. The molecule has 2 fully saturated rings. The number of carbonyl (C=O) groups excluding carboxylic acids is 1. The minimum Gasteiger partial charge on any atom is -0.478 e. The topological polar surface area (TPSA) is 126 Å². The first-order valence-corrected chi connectivity index (χ1v) is 11.6. The molecule has 3 heterocycles. The Labute approximate surface area is 208 Å². The molecule has 2 aliphatic rings. The van der Waals surface area contributed by atoms with Gasteiger partial charge in [0.2, 0.25) is 5.95 Å². The number of carboxylic acids is 1. The number of anilines is 2. The van der Waals surface area contributed by atoms with Gasteiger partial charge in [0.25, 0.3) is 5.91 Å². The number of benzene rings is 2. The first-order valence-electron chi connectivity index (χ1n) is 11.6. The number of aromatic carboxylic acids is 1. The van der Waals surface area contributed by atoms with Crippen molar-refractivity contribution < 1.29 is 24.2 Å². The van der Waals surface area contributed by atoms with Crippen LogP contribution in [0.15, 0.2) is 60.8 Å². The van der Waals surface area contributed by atoms with E-state index in [1.165, 1.54) is 12.1 Å². The summed E-state index contributed by atoms with van der Waals surface area (Å²) in [6.07, 6.45) is 1.03. The van der Waals surface area contributed by atoms with Crippen molar-refractivity contribution in [1.29, 1.82) is 0 Å². The summed E-state index contributed by atoms with van der Waals surface area (Å²) in [5.74, 6) is -1.16. The van der Waals surface area contributed by atoms with Crippen LogP contribution in [0, 0.1) is 0 Å². The highest BCUT2D eigenvalue weighted by molar-refractivity contribution is 6.04. The van der Waals surface area contributed by atoms with Crippen molar-refractivity contribution in [2.75, 3.05) is 37.5 Å². The number of hydrogen-bond donors (Lipinski definition) is 3. The summed E-state index contributed by atoms with van der Waals surface area (Å²) in [5, 5.41) is 15.6. The van der Waals surface area contributed by atoms with E-state index in [0.29, 0.717) is 12.6 Å². The monoisotopic (exact) mass is 489 g/mol. The van der Waals surface area contributed by atoms with E-state index in [4.69, 9.17) is 9.47 Å². The lowest BCUT2D eigenvalue weighted by atomic mass is 10.0. The van der Waals surface area contributed by atoms with Gasteiger partial charge in [-0.3, -0.25) is 4.79 Å². The minimum absolute atomic E-state index is 0.0502. The summed E-state index contributed by atoms with van der Waals surface area (Å²) >= 11 is 0. The minimum atomic E-state index is -1.15. The second-order valence-corrected chi connectivity index (χ2v) is 8.98. The summed E-state index contributed by atoms with van der Waals surface area (Å²) in [4.78, 5) is 35.3. The van der Waals surface area contributed by atoms with Crippen LogP contribution in [0.5, 0.6) is 0 Å². The molecule has 1 aromatic heterocycles. The van der Waals surface area contributed by atoms with Crippen LogP contribution in [-0.2, 0) is 9.47 Å². The van der Waals surface area contributed by atoms with E-state index in [2.05, 4.69) is 20.6 Å². The number of carbonyl (C=O) groups is 2. The Morgan fingerprint density at radius 1 is 0.944 bits per heavy atom. The maximum absolute atomic E-state index is 12.8. The zero-order chi connectivity index (χ0) is 25.2. The molecule has 5 rings (SSSR count). The molecular formula is C26H27N5O5. The van der Waals surface area contributed by atoms with E-state index in [0.717, 1.165) is 16.9 Å². The second kappa shape index (κ2) is 9.92. The van der Waals surface area contributed by atoms with Gasteiger partial charge in [-0.1, -0.05) is 24.3 Å². The lowest BCUT2D eigenvalue weighted by molar-refractivity contribution is 0.0646. The number of hydrogen-bond acceptors (Lipinski definition) is 8. The van der Waals surface area contributed by atoms with Crippen LogP contribution in [0.2, 0.25) is 0 Å². The standard InChI is InChI=1S/C26H27N5O5/c1-31(2)16-9-7-15(8-10-16)19-11-12-27-26(29-19)30-21-14-36-22-20(13-35-23(21)22)28-24(32)17-5-3-4-6-18(17)25(33)34/h3-12,20-23H,13-14H2,1-2H3,(H,28,32)(H,33,34)(H,27,29,30). The van der Waals surface area contributed by atoms with Crippen LogP contribution in [-0.4, -0.2) is 78.6 Å². The Hall–Kier alpha value is -4.02. The van der Waals surface area contributed by atoms with Crippen LogP contribution in [0.3, 0.4) is 0 Å². The molecule has 4 atom stereocenters. The number of nitrogens with zero attached hydrogens (tertiary/aromatic N) is 3. The lowest BCUT2D eigenvalue weighted by Gasteiger charge is -2.19. The molecule has 0 spiro atoms. The van der Waals surface area contributed by atoms with Gasteiger partial charge in [-0.15, -0.1) is 0 Å². The zero-order valence-corrected chi connectivity index (χ0v) is 19.9. The van der Waals surface area contributed by atoms with Gasteiger partial charge in [-0.25, -0.2) is 14.8 Å². The molecule has 0 aliphatic carbocycles. The highest BCUT2D eigenvalue weighted by atomic mass is 16.6. The molecule has 10 nitrogen and oxygen atoms in total. The Morgan fingerprint density at radius 3 is 2.31 bits per heavy atom. The van der Waals surface area contributed by atoms with Crippen molar-refractivity contribution in [2.45, 2.75) is 24.3 Å². The molecule has 2 aliphatic heterocycles. The molecule has 0 radical (unpaired) electrons. The molecule has 3 N–H and O–H groups in total. The van der Waals surface area contributed by atoms with Crippen LogP contribution < -0.4 is 15.5 Å². The Kier molecular flexibility index (Phi) is 6.53. The number of aromatic nitrogens is 2. The third kappa shape index (κ3) is 4.73. The van der Waals surface area contributed by atoms with Gasteiger partial charge in [0.05, 0.1) is 42.1 Å². The number of carboxylic acid groups (broad SMARTS) is 1. The predicted molar refractivity (Wildman–Crippen MR) is 133 cm³/mol. The maximum Gasteiger partial charge on any atom is 0.336 e. The van der Waals surface area contributed by atoms with Crippen molar-refractivity contribution in [1.82, 2.24) is 15.3 Å². The number of nitrogens with one attached hydrogen (secondary N) is 2. The van der Waals surface area contributed by atoms with Gasteiger partial charge in [0, 0.05) is 31.5 Å². The smallest absolute Gasteiger partial charge is 0.336 e. The highest BCUT2D eigenvalue weighted by Gasteiger charge is 2.48. The average molecular weight is 490 g/mol. The fraction of sp³-hybridized carbons (Fsp3) is 0.308. The highest BCUT2D eigenvalue weighted by Crippen LogP contribution is 2.29. The molecule has 3 aromatic rings. The second-order valence-electron chi connectivity index (χ2n) is 8.98. The Bertz CT molecular complexity index is 1270. The quantitative estimate of drug-likeness (QED) is 0.458. The van der Waals surface area contributed by atoms with E-state index in [1.807, 2.05) is 49.3 Å². The van der Waals surface area contributed by atoms with Gasteiger partial charge in [0.15, 0.2) is 0 Å². The van der Waals surface area contributed by atoms with E-state index in [9.17, 15) is 14.7 Å². The van der Waals surface area contributed by atoms with Gasteiger partial charge < -0.3 is 30.1 Å². The van der Waals surface area contributed by atoms with E-state index in [1.54, 1.807) is 18.3 Å². The van der Waals surface area contributed by atoms with Crippen molar-refractivity contribution in [3.05, 3.63) is 71.9 Å². The first-order chi connectivity index (χ1) is 17.4. The molecule has 10 heteroatoms. The fourth-order valence-electron chi connectivity index (χ4n) is 4.55. The van der Waals surface area contributed by atoms with E-state index < -0.39 is 17.9 Å². The molecule has 186 valence electrons. The molecular weight excluding hydrogens is 462 g/mol. The number of fused-ring (bicyclic) bond motifs is 1. The van der Waals surface area contributed by atoms with Gasteiger partial charge in [-0.2, -0.15) is 0 Å². The predicted octanol–water partition coefficient (Wildman–Crippen LogP) is 2.28. The Morgan fingerprint density at radius 2 is 1.61 bits per heavy atom. The normalized spacial score (nSPS) is 22.6. The molecule has 4 unspecified atom stereocenters. The average Bonchev–Trinajstić information content (AvgIpc) is 3.47. The molecule has 2 aromatic carbocycles. The third-order valence-electron chi connectivity index (χ3n) is 6.42. The van der Waals surface area contributed by atoms with Crippen molar-refractivity contribution in [2.24, 2.45) is 0 Å². The van der Waals surface area contributed by atoms with Gasteiger partial charge >= 0.3 is 5.97 Å². The van der Waals surface area contributed by atoms with Crippen LogP contribution in [0.1, 0.15) is 20.7 Å². The Balaban J connectivity index is 1.24. The summed E-state index contributed by atoms with van der Waals surface area (Å²) < 4.78 is 11.9. The van der Waals surface area contributed by atoms with Crippen molar-refractivity contribution in [3.8, 4) is 11.3 Å². The third-order valence-corrected chi connectivity index (χ3v) is 6.42. The number of rotatable bonds is 7. The number of ether oxygens (including phenoxy) is 2. The van der Waals surface area contributed by atoms with Gasteiger partial charge in [0.1, 0.15) is 12.2 Å². The van der Waals surface area contributed by atoms with Gasteiger partial charge in [-0.05, 0) is 30.3 Å². The lowest BCUT2D eigenvalue weighted by Crippen LogP contribution is -2.45. The molecule has 36 heavy (non-hydrogen) atoms. The number of amides is 1. The summed E-state index contributed by atoms with van der Waals surface area (Å²) in [7, 11) is 3.99. The maximum atomic E-state index is 12.8. The fourth-order valence-corrected chi connectivity index (χ4v) is 4.55. The van der Waals surface area contributed by atoms with Crippen LogP contribution in [0.4, 0.5) is 11.6 Å². The summed E-state index contributed by atoms with van der Waals surface area (Å²) in [6.45, 7) is 0.617. The van der Waals surface area contributed by atoms with E-state index in [-0.39, 0.29) is 36.0 Å². The van der Waals surface area contributed by atoms with Crippen LogP contribution >= 0.6 is 0 Å².